The molecule has 6 heteroatoms. The molecule has 1 fully saturated rings. The van der Waals surface area contributed by atoms with Crippen molar-refractivity contribution >= 4 is 15.7 Å². The van der Waals surface area contributed by atoms with Crippen LogP contribution in [-0.2, 0) is 9.84 Å². The van der Waals surface area contributed by atoms with Gasteiger partial charge in [0.15, 0.2) is 9.84 Å². The molecule has 1 aromatic rings. The van der Waals surface area contributed by atoms with Crippen LogP contribution in [0.2, 0.25) is 0 Å². The van der Waals surface area contributed by atoms with Crippen LogP contribution in [0.4, 0.5) is 0 Å². The lowest BCUT2D eigenvalue weighted by molar-refractivity contribution is 0.0776. The minimum atomic E-state index is -3.30. The molecule has 0 radical (unpaired) electrons. The zero-order chi connectivity index (χ0) is 15.0. The van der Waals surface area contributed by atoms with E-state index in [0.29, 0.717) is 25.2 Å². The molecule has 110 valence electrons. The Hall–Kier alpha value is -1.40. The van der Waals surface area contributed by atoms with E-state index in [2.05, 4.69) is 6.92 Å². The number of hydrogen-bond acceptors (Lipinski definition) is 4. The molecule has 1 atom stereocenters. The fourth-order valence-electron chi connectivity index (χ4n) is 2.41. The maximum Gasteiger partial charge on any atom is 0.253 e. The average molecular weight is 296 g/mol. The summed E-state index contributed by atoms with van der Waals surface area (Å²) >= 11 is 0. The van der Waals surface area contributed by atoms with Crippen LogP contribution in [0.3, 0.4) is 0 Å². The van der Waals surface area contributed by atoms with Gasteiger partial charge in [0.25, 0.3) is 5.91 Å². The summed E-state index contributed by atoms with van der Waals surface area (Å²) in [6, 6.07) is 6.19. The number of carbonyl (C=O) groups is 1. The van der Waals surface area contributed by atoms with E-state index < -0.39 is 9.84 Å². The van der Waals surface area contributed by atoms with Crippen molar-refractivity contribution in [2.75, 3.05) is 25.9 Å². The second kappa shape index (κ2) is 5.18. The van der Waals surface area contributed by atoms with Gasteiger partial charge in [-0.15, -0.1) is 0 Å². The second-order valence-corrected chi connectivity index (χ2v) is 7.81. The first-order valence-electron chi connectivity index (χ1n) is 6.55. The summed E-state index contributed by atoms with van der Waals surface area (Å²) < 4.78 is 23.1. The molecule has 1 amide bonds. The molecule has 2 N–H and O–H groups in total. The molecular formula is C14H20N2O3S. The van der Waals surface area contributed by atoms with E-state index in [0.717, 1.165) is 12.7 Å². The summed E-state index contributed by atoms with van der Waals surface area (Å²) in [6.45, 7) is 3.88. The number of rotatable bonds is 3. The number of amides is 1. The number of carbonyl (C=O) groups excluding carboxylic acids is 1. The highest BCUT2D eigenvalue weighted by Gasteiger charge is 2.35. The quantitative estimate of drug-likeness (QED) is 0.898. The van der Waals surface area contributed by atoms with Crippen LogP contribution < -0.4 is 5.73 Å². The van der Waals surface area contributed by atoms with Gasteiger partial charge in [-0.2, -0.15) is 0 Å². The van der Waals surface area contributed by atoms with E-state index in [1.165, 1.54) is 12.1 Å². The number of sulfone groups is 1. The lowest BCUT2D eigenvalue weighted by Crippen LogP contribution is -2.34. The molecule has 1 aliphatic rings. The van der Waals surface area contributed by atoms with Gasteiger partial charge in [-0.25, -0.2) is 8.42 Å². The van der Waals surface area contributed by atoms with Crippen molar-refractivity contribution in [2.45, 2.75) is 18.2 Å². The van der Waals surface area contributed by atoms with Crippen molar-refractivity contribution in [1.82, 2.24) is 4.90 Å². The van der Waals surface area contributed by atoms with E-state index in [1.54, 1.807) is 17.0 Å². The van der Waals surface area contributed by atoms with Gasteiger partial charge in [0.05, 0.1) is 4.90 Å². The first-order valence-corrected chi connectivity index (χ1v) is 8.44. The zero-order valence-corrected chi connectivity index (χ0v) is 12.6. The van der Waals surface area contributed by atoms with Gasteiger partial charge in [0, 0.05) is 24.9 Å². The fourth-order valence-corrected chi connectivity index (χ4v) is 3.07. The summed E-state index contributed by atoms with van der Waals surface area (Å²) in [5.41, 5.74) is 6.11. The Labute approximate surface area is 119 Å². The summed E-state index contributed by atoms with van der Waals surface area (Å²) in [5, 5.41) is 0. The van der Waals surface area contributed by atoms with Gasteiger partial charge >= 0.3 is 0 Å². The van der Waals surface area contributed by atoms with Gasteiger partial charge < -0.3 is 10.6 Å². The van der Waals surface area contributed by atoms with Gasteiger partial charge in [0.1, 0.15) is 0 Å². The third-order valence-corrected chi connectivity index (χ3v) is 4.96. The topological polar surface area (TPSA) is 80.5 Å². The van der Waals surface area contributed by atoms with Gasteiger partial charge in [-0.3, -0.25) is 4.79 Å². The van der Waals surface area contributed by atoms with Crippen LogP contribution in [0.25, 0.3) is 0 Å². The summed E-state index contributed by atoms with van der Waals surface area (Å²) in [6.07, 6.45) is 2.01. The Bertz CT molecular complexity index is 627. The summed E-state index contributed by atoms with van der Waals surface area (Å²) in [5.74, 6) is -0.132. The van der Waals surface area contributed by atoms with Crippen molar-refractivity contribution in [3.63, 3.8) is 0 Å². The first kappa shape index (κ1) is 15.0. The molecule has 0 aromatic heterocycles. The number of benzene rings is 1. The van der Waals surface area contributed by atoms with Gasteiger partial charge in [-0.1, -0.05) is 13.0 Å². The van der Waals surface area contributed by atoms with Crippen LogP contribution in [-0.4, -0.2) is 45.1 Å². The average Bonchev–Trinajstić information content (AvgIpc) is 2.80. The predicted octanol–water partition coefficient (Wildman–Crippen LogP) is 0.901. The molecule has 0 saturated carbocycles. The van der Waals surface area contributed by atoms with Crippen molar-refractivity contribution < 1.29 is 13.2 Å². The molecular weight excluding hydrogens is 276 g/mol. The second-order valence-electron chi connectivity index (χ2n) is 5.79. The Morgan fingerprint density at radius 1 is 1.45 bits per heavy atom. The van der Waals surface area contributed by atoms with E-state index in [9.17, 15) is 13.2 Å². The van der Waals surface area contributed by atoms with Crippen molar-refractivity contribution in [3.8, 4) is 0 Å². The largest absolute Gasteiger partial charge is 0.338 e. The highest BCUT2D eigenvalue weighted by Crippen LogP contribution is 2.29. The van der Waals surface area contributed by atoms with E-state index in [4.69, 9.17) is 5.73 Å². The highest BCUT2D eigenvalue weighted by molar-refractivity contribution is 7.90. The molecule has 1 aromatic carbocycles. The predicted molar refractivity (Wildman–Crippen MR) is 77.2 cm³/mol. The van der Waals surface area contributed by atoms with Crippen LogP contribution in [0.5, 0.6) is 0 Å². The van der Waals surface area contributed by atoms with Gasteiger partial charge in [0.2, 0.25) is 0 Å². The molecule has 0 spiro atoms. The van der Waals surface area contributed by atoms with E-state index in [1.807, 2.05) is 0 Å². The number of hydrogen-bond donors (Lipinski definition) is 1. The zero-order valence-electron chi connectivity index (χ0n) is 11.8. The Morgan fingerprint density at radius 3 is 2.70 bits per heavy atom. The number of nitrogens with two attached hydrogens (primary N) is 1. The lowest BCUT2D eigenvalue weighted by atomic mass is 9.90. The SMILES string of the molecule is CC1(CN)CCN(C(=O)c2cccc(S(C)(=O)=O)c2)C1. The minimum Gasteiger partial charge on any atom is -0.338 e. The summed E-state index contributed by atoms with van der Waals surface area (Å²) in [7, 11) is -3.30. The third-order valence-electron chi connectivity index (χ3n) is 3.85. The fraction of sp³-hybridized carbons (Fsp3) is 0.500. The molecule has 1 heterocycles. The molecule has 1 unspecified atom stereocenters. The smallest absolute Gasteiger partial charge is 0.253 e. The third kappa shape index (κ3) is 3.02. The molecule has 1 aliphatic heterocycles. The molecule has 0 aliphatic carbocycles. The standard InChI is InChI=1S/C14H20N2O3S/c1-14(9-15)6-7-16(10-14)13(17)11-4-3-5-12(8-11)20(2,18)19/h3-5,8H,6-7,9-10,15H2,1-2H3. The minimum absolute atomic E-state index is 0.0376. The number of likely N-dealkylation sites (tertiary alicyclic amines) is 1. The Kier molecular flexibility index (Phi) is 3.88. The maximum atomic E-state index is 12.4. The monoisotopic (exact) mass is 296 g/mol. The maximum absolute atomic E-state index is 12.4. The molecule has 5 nitrogen and oxygen atoms in total. The molecule has 1 saturated heterocycles. The molecule has 2 rings (SSSR count). The molecule has 0 bridgehead atoms. The Morgan fingerprint density at radius 2 is 2.15 bits per heavy atom. The van der Waals surface area contributed by atoms with Crippen molar-refractivity contribution in [2.24, 2.45) is 11.1 Å². The van der Waals surface area contributed by atoms with Crippen LogP contribution >= 0.6 is 0 Å². The normalized spacial score (nSPS) is 23.1. The summed E-state index contributed by atoms with van der Waals surface area (Å²) in [4.78, 5) is 14.3. The lowest BCUT2D eigenvalue weighted by Gasteiger charge is -2.22. The Balaban J connectivity index is 2.23. The van der Waals surface area contributed by atoms with E-state index in [-0.39, 0.29) is 16.2 Å². The van der Waals surface area contributed by atoms with Crippen molar-refractivity contribution in [1.29, 1.82) is 0 Å². The van der Waals surface area contributed by atoms with Crippen LogP contribution in [0.15, 0.2) is 29.2 Å². The number of nitrogens with zero attached hydrogens (tertiary/aromatic N) is 1. The first-order chi connectivity index (χ1) is 9.25. The van der Waals surface area contributed by atoms with Crippen molar-refractivity contribution in [3.05, 3.63) is 29.8 Å². The van der Waals surface area contributed by atoms with Gasteiger partial charge in [-0.05, 0) is 36.6 Å². The van der Waals surface area contributed by atoms with E-state index >= 15 is 0 Å². The highest BCUT2D eigenvalue weighted by atomic mass is 32.2. The molecule has 20 heavy (non-hydrogen) atoms. The van der Waals surface area contributed by atoms with Crippen LogP contribution in [0.1, 0.15) is 23.7 Å². The van der Waals surface area contributed by atoms with Crippen LogP contribution in [0, 0.1) is 5.41 Å².